The summed E-state index contributed by atoms with van der Waals surface area (Å²) >= 11 is 0. The molecule has 0 spiro atoms. The SMILES string of the molecule is CC(=O)NCCc1cc(C(C)C)ccc1C. The van der Waals surface area contributed by atoms with Crippen LogP contribution in [0.5, 0.6) is 0 Å². The Morgan fingerprint density at radius 3 is 2.62 bits per heavy atom. The molecule has 0 heterocycles. The van der Waals surface area contributed by atoms with Crippen LogP contribution in [0.3, 0.4) is 0 Å². The van der Waals surface area contributed by atoms with E-state index in [4.69, 9.17) is 0 Å². The first-order valence-electron chi connectivity index (χ1n) is 5.84. The highest BCUT2D eigenvalue weighted by atomic mass is 16.1. The van der Waals surface area contributed by atoms with E-state index in [9.17, 15) is 4.79 Å². The normalized spacial score (nSPS) is 10.6. The molecule has 0 bridgehead atoms. The molecular formula is C14H21NO. The number of hydrogen-bond acceptors (Lipinski definition) is 1. The van der Waals surface area contributed by atoms with Crippen molar-refractivity contribution in [3.63, 3.8) is 0 Å². The molecule has 0 aromatic heterocycles. The van der Waals surface area contributed by atoms with E-state index in [2.05, 4.69) is 44.3 Å². The largest absolute Gasteiger partial charge is 0.356 e. The zero-order valence-corrected chi connectivity index (χ0v) is 10.6. The summed E-state index contributed by atoms with van der Waals surface area (Å²) in [5, 5.41) is 2.83. The standard InChI is InChI=1S/C14H21NO/c1-10(2)13-6-5-11(3)14(9-13)7-8-15-12(4)16/h5-6,9-10H,7-8H2,1-4H3,(H,15,16). The first-order chi connectivity index (χ1) is 7.50. The van der Waals surface area contributed by atoms with Gasteiger partial charge in [0.15, 0.2) is 0 Å². The maximum Gasteiger partial charge on any atom is 0.216 e. The third kappa shape index (κ3) is 3.69. The summed E-state index contributed by atoms with van der Waals surface area (Å²) < 4.78 is 0. The molecule has 1 amide bonds. The van der Waals surface area contributed by atoms with E-state index >= 15 is 0 Å². The number of carbonyl (C=O) groups is 1. The van der Waals surface area contributed by atoms with Gasteiger partial charge in [0, 0.05) is 13.5 Å². The van der Waals surface area contributed by atoms with Crippen LogP contribution in [0.25, 0.3) is 0 Å². The minimum Gasteiger partial charge on any atom is -0.356 e. The summed E-state index contributed by atoms with van der Waals surface area (Å²) in [6.45, 7) is 8.78. The van der Waals surface area contributed by atoms with Crippen molar-refractivity contribution in [2.45, 2.75) is 40.0 Å². The van der Waals surface area contributed by atoms with Crippen molar-refractivity contribution in [2.75, 3.05) is 6.54 Å². The van der Waals surface area contributed by atoms with Crippen molar-refractivity contribution < 1.29 is 4.79 Å². The second kappa shape index (κ2) is 5.69. The molecule has 0 saturated heterocycles. The molecule has 0 unspecified atom stereocenters. The number of aryl methyl sites for hydroxylation is 1. The van der Waals surface area contributed by atoms with Gasteiger partial charge in [0.1, 0.15) is 0 Å². The van der Waals surface area contributed by atoms with Crippen LogP contribution < -0.4 is 5.32 Å². The number of rotatable bonds is 4. The molecule has 1 rings (SSSR count). The fourth-order valence-electron chi connectivity index (χ4n) is 1.69. The van der Waals surface area contributed by atoms with E-state index in [1.807, 2.05) is 0 Å². The fraction of sp³-hybridized carbons (Fsp3) is 0.500. The molecule has 0 aliphatic heterocycles. The number of nitrogens with one attached hydrogen (secondary N) is 1. The van der Waals surface area contributed by atoms with Crippen LogP contribution in [0.2, 0.25) is 0 Å². The Kier molecular flexibility index (Phi) is 4.53. The maximum atomic E-state index is 10.8. The van der Waals surface area contributed by atoms with Gasteiger partial charge in [-0.1, -0.05) is 32.0 Å². The smallest absolute Gasteiger partial charge is 0.216 e. The van der Waals surface area contributed by atoms with Gasteiger partial charge < -0.3 is 5.32 Å². The molecule has 2 heteroatoms. The lowest BCUT2D eigenvalue weighted by Crippen LogP contribution is -2.22. The van der Waals surface area contributed by atoms with Gasteiger partial charge in [-0.05, 0) is 36.0 Å². The molecule has 0 aliphatic rings. The third-order valence-electron chi connectivity index (χ3n) is 2.81. The molecule has 0 aliphatic carbocycles. The van der Waals surface area contributed by atoms with Crippen molar-refractivity contribution in [3.8, 4) is 0 Å². The van der Waals surface area contributed by atoms with Crippen molar-refractivity contribution >= 4 is 5.91 Å². The van der Waals surface area contributed by atoms with Gasteiger partial charge >= 0.3 is 0 Å². The predicted octanol–water partition coefficient (Wildman–Crippen LogP) is 2.80. The number of carbonyl (C=O) groups excluding carboxylic acids is 1. The van der Waals surface area contributed by atoms with Gasteiger partial charge in [-0.25, -0.2) is 0 Å². The molecule has 0 saturated carbocycles. The predicted molar refractivity (Wildman–Crippen MR) is 67.7 cm³/mol. The molecule has 0 atom stereocenters. The molecule has 16 heavy (non-hydrogen) atoms. The highest BCUT2D eigenvalue weighted by Gasteiger charge is 2.03. The zero-order chi connectivity index (χ0) is 12.1. The Morgan fingerprint density at radius 2 is 2.06 bits per heavy atom. The fourth-order valence-corrected chi connectivity index (χ4v) is 1.69. The van der Waals surface area contributed by atoms with Gasteiger partial charge in [-0.2, -0.15) is 0 Å². The summed E-state index contributed by atoms with van der Waals surface area (Å²) in [5.41, 5.74) is 4.00. The quantitative estimate of drug-likeness (QED) is 0.829. The highest BCUT2D eigenvalue weighted by Crippen LogP contribution is 2.18. The van der Waals surface area contributed by atoms with Crippen LogP contribution in [0, 0.1) is 6.92 Å². The average Bonchev–Trinajstić information content (AvgIpc) is 2.20. The number of hydrogen-bond donors (Lipinski definition) is 1. The van der Waals surface area contributed by atoms with Crippen LogP contribution in [0.1, 0.15) is 43.4 Å². The average molecular weight is 219 g/mol. The van der Waals surface area contributed by atoms with E-state index in [1.54, 1.807) is 6.92 Å². The van der Waals surface area contributed by atoms with E-state index in [-0.39, 0.29) is 5.91 Å². The Bertz CT molecular complexity index is 369. The van der Waals surface area contributed by atoms with Crippen LogP contribution in [-0.2, 0) is 11.2 Å². The van der Waals surface area contributed by atoms with Crippen LogP contribution in [0.4, 0.5) is 0 Å². The van der Waals surface area contributed by atoms with Crippen LogP contribution in [0.15, 0.2) is 18.2 Å². The first-order valence-corrected chi connectivity index (χ1v) is 5.84. The highest BCUT2D eigenvalue weighted by molar-refractivity contribution is 5.72. The van der Waals surface area contributed by atoms with E-state index in [1.165, 1.54) is 16.7 Å². The van der Waals surface area contributed by atoms with Gasteiger partial charge in [0.2, 0.25) is 5.91 Å². The number of benzene rings is 1. The van der Waals surface area contributed by atoms with Crippen LogP contribution >= 0.6 is 0 Å². The Labute approximate surface area is 98.1 Å². The zero-order valence-electron chi connectivity index (χ0n) is 10.6. The molecule has 2 nitrogen and oxygen atoms in total. The molecular weight excluding hydrogens is 198 g/mol. The topological polar surface area (TPSA) is 29.1 Å². The summed E-state index contributed by atoms with van der Waals surface area (Å²) in [6, 6.07) is 6.60. The lowest BCUT2D eigenvalue weighted by atomic mass is 9.96. The Hall–Kier alpha value is -1.31. The van der Waals surface area contributed by atoms with Gasteiger partial charge in [0.05, 0.1) is 0 Å². The second-order valence-corrected chi connectivity index (χ2v) is 4.57. The second-order valence-electron chi connectivity index (χ2n) is 4.57. The summed E-state index contributed by atoms with van der Waals surface area (Å²) in [7, 11) is 0. The van der Waals surface area contributed by atoms with Gasteiger partial charge in [-0.15, -0.1) is 0 Å². The van der Waals surface area contributed by atoms with Crippen molar-refractivity contribution in [1.82, 2.24) is 5.32 Å². The monoisotopic (exact) mass is 219 g/mol. The summed E-state index contributed by atoms with van der Waals surface area (Å²) in [4.78, 5) is 10.8. The maximum absolute atomic E-state index is 10.8. The van der Waals surface area contributed by atoms with Crippen molar-refractivity contribution in [3.05, 3.63) is 34.9 Å². The van der Waals surface area contributed by atoms with E-state index in [0.717, 1.165) is 13.0 Å². The molecule has 88 valence electrons. The Morgan fingerprint density at radius 1 is 1.38 bits per heavy atom. The lowest BCUT2D eigenvalue weighted by molar-refractivity contribution is -0.118. The lowest BCUT2D eigenvalue weighted by Gasteiger charge is -2.11. The Balaban J connectivity index is 2.70. The van der Waals surface area contributed by atoms with E-state index in [0.29, 0.717) is 5.92 Å². The van der Waals surface area contributed by atoms with Crippen LogP contribution in [-0.4, -0.2) is 12.5 Å². The molecule has 0 fully saturated rings. The molecule has 1 N–H and O–H groups in total. The van der Waals surface area contributed by atoms with Gasteiger partial charge in [-0.3, -0.25) is 4.79 Å². The number of amides is 1. The minimum absolute atomic E-state index is 0.0395. The molecule has 0 radical (unpaired) electrons. The van der Waals surface area contributed by atoms with Gasteiger partial charge in [0.25, 0.3) is 0 Å². The third-order valence-corrected chi connectivity index (χ3v) is 2.81. The molecule has 1 aromatic carbocycles. The summed E-state index contributed by atoms with van der Waals surface area (Å²) in [5.74, 6) is 0.595. The summed E-state index contributed by atoms with van der Waals surface area (Å²) in [6.07, 6.45) is 0.909. The molecule has 1 aromatic rings. The minimum atomic E-state index is 0.0395. The van der Waals surface area contributed by atoms with Crippen molar-refractivity contribution in [2.24, 2.45) is 0 Å². The van der Waals surface area contributed by atoms with E-state index < -0.39 is 0 Å². The van der Waals surface area contributed by atoms with Crippen molar-refractivity contribution in [1.29, 1.82) is 0 Å². The first kappa shape index (κ1) is 12.8.